The smallest absolute Gasteiger partial charge is 0.297 e. The predicted molar refractivity (Wildman–Crippen MR) is 110 cm³/mol. The Balaban J connectivity index is -0.000000537. The Morgan fingerprint density at radius 1 is 0.786 bits per heavy atom. The van der Waals surface area contributed by atoms with Gasteiger partial charge in [0.1, 0.15) is 0 Å². The first-order valence-electron chi connectivity index (χ1n) is 8.18. The van der Waals surface area contributed by atoms with Crippen molar-refractivity contribution in [1.82, 2.24) is 0 Å². The molecular weight excluding hydrogens is 388 g/mol. The van der Waals surface area contributed by atoms with E-state index in [1.807, 2.05) is 6.92 Å². The summed E-state index contributed by atoms with van der Waals surface area (Å²) in [4.78, 5) is 0.157. The van der Waals surface area contributed by atoms with Gasteiger partial charge in [0.05, 0.1) is 57.8 Å². The zero-order valence-electron chi connectivity index (χ0n) is 15.7. The van der Waals surface area contributed by atoms with Gasteiger partial charge in [-0.1, -0.05) is 32.5 Å². The van der Waals surface area contributed by atoms with Crippen LogP contribution in [-0.4, -0.2) is 80.6 Å². The van der Waals surface area contributed by atoms with Crippen molar-refractivity contribution in [2.24, 2.45) is 0 Å². The SMILES string of the molecule is C.C.COCCOCCO.COCCOCCOS(=O)(=O)c1ccc(C)cc1. The molecule has 0 fully saturated rings. The normalized spacial score (nSPS) is 10.3. The molecule has 0 saturated carbocycles. The highest BCUT2D eigenvalue weighted by molar-refractivity contribution is 7.86. The molecule has 1 aromatic rings. The molecule has 0 atom stereocenters. The molecule has 0 aliphatic carbocycles. The highest BCUT2D eigenvalue weighted by Gasteiger charge is 2.14. The molecule has 0 radical (unpaired) electrons. The zero-order chi connectivity index (χ0) is 19.7. The summed E-state index contributed by atoms with van der Waals surface area (Å²) < 4.78 is 47.7. The van der Waals surface area contributed by atoms with Gasteiger partial charge in [0.2, 0.25) is 0 Å². The average Bonchev–Trinajstić information content (AvgIpc) is 2.63. The summed E-state index contributed by atoms with van der Waals surface area (Å²) in [6.07, 6.45) is 0. The maximum Gasteiger partial charge on any atom is 0.297 e. The van der Waals surface area contributed by atoms with Crippen LogP contribution in [0, 0.1) is 6.92 Å². The molecule has 1 aromatic carbocycles. The van der Waals surface area contributed by atoms with E-state index in [0.717, 1.165) is 5.56 Å². The van der Waals surface area contributed by atoms with Gasteiger partial charge in [-0.05, 0) is 19.1 Å². The molecule has 0 aliphatic heterocycles. The molecule has 0 bridgehead atoms. The molecule has 0 heterocycles. The molecule has 0 unspecified atom stereocenters. The second kappa shape index (κ2) is 20.7. The van der Waals surface area contributed by atoms with E-state index in [4.69, 9.17) is 23.5 Å². The first kappa shape index (κ1) is 31.6. The van der Waals surface area contributed by atoms with E-state index in [-0.39, 0.29) is 39.6 Å². The highest BCUT2D eigenvalue weighted by Crippen LogP contribution is 2.12. The van der Waals surface area contributed by atoms with Gasteiger partial charge in [-0.15, -0.1) is 0 Å². The minimum Gasteiger partial charge on any atom is -0.394 e. The van der Waals surface area contributed by atoms with Crippen LogP contribution in [0.4, 0.5) is 0 Å². The minimum atomic E-state index is -3.68. The van der Waals surface area contributed by atoms with Crippen molar-refractivity contribution in [3.8, 4) is 0 Å². The lowest BCUT2D eigenvalue weighted by molar-refractivity contribution is 0.0500. The van der Waals surface area contributed by atoms with Gasteiger partial charge in [0.15, 0.2) is 0 Å². The topological polar surface area (TPSA) is 101 Å². The summed E-state index contributed by atoms with van der Waals surface area (Å²) in [6, 6.07) is 6.50. The van der Waals surface area contributed by atoms with Crippen LogP contribution < -0.4 is 0 Å². The number of aliphatic hydroxyl groups excluding tert-OH is 1. The predicted octanol–water partition coefficient (Wildman–Crippen LogP) is 2.28. The van der Waals surface area contributed by atoms with Gasteiger partial charge < -0.3 is 24.1 Å². The van der Waals surface area contributed by atoms with Crippen molar-refractivity contribution < 1.29 is 36.7 Å². The lowest BCUT2D eigenvalue weighted by atomic mass is 10.2. The van der Waals surface area contributed by atoms with E-state index in [2.05, 4.69) is 4.74 Å². The fourth-order valence-electron chi connectivity index (χ4n) is 1.53. The monoisotopic (exact) mass is 426 g/mol. The Kier molecular flexibility index (Phi) is 23.3. The summed E-state index contributed by atoms with van der Waals surface area (Å²) in [5, 5.41) is 8.20. The van der Waals surface area contributed by atoms with Gasteiger partial charge in [0, 0.05) is 14.2 Å². The van der Waals surface area contributed by atoms with Gasteiger partial charge >= 0.3 is 0 Å². The first-order chi connectivity index (χ1) is 12.5. The lowest BCUT2D eigenvalue weighted by Crippen LogP contribution is -2.13. The fourth-order valence-corrected chi connectivity index (χ4v) is 2.42. The molecule has 9 heteroatoms. The molecule has 0 aromatic heterocycles. The molecule has 28 heavy (non-hydrogen) atoms. The molecule has 168 valence electrons. The minimum absolute atomic E-state index is 0. The van der Waals surface area contributed by atoms with Gasteiger partial charge in [-0.25, -0.2) is 0 Å². The number of methoxy groups -OCH3 is 2. The number of benzene rings is 1. The quantitative estimate of drug-likeness (QED) is 0.379. The van der Waals surface area contributed by atoms with E-state index in [1.165, 1.54) is 12.1 Å². The lowest BCUT2D eigenvalue weighted by Gasteiger charge is -2.06. The van der Waals surface area contributed by atoms with Crippen molar-refractivity contribution in [3.63, 3.8) is 0 Å². The summed E-state index contributed by atoms with van der Waals surface area (Å²) in [5.41, 5.74) is 0.997. The van der Waals surface area contributed by atoms with Crippen LogP contribution in [0.2, 0.25) is 0 Å². The van der Waals surface area contributed by atoms with Crippen molar-refractivity contribution in [3.05, 3.63) is 29.8 Å². The van der Waals surface area contributed by atoms with Crippen molar-refractivity contribution in [1.29, 1.82) is 0 Å². The van der Waals surface area contributed by atoms with Crippen molar-refractivity contribution >= 4 is 10.1 Å². The molecule has 0 spiro atoms. The van der Waals surface area contributed by atoms with Crippen LogP contribution in [0.25, 0.3) is 0 Å². The summed E-state index contributed by atoms with van der Waals surface area (Å²) in [6.45, 7) is 4.66. The van der Waals surface area contributed by atoms with Crippen LogP contribution in [0.15, 0.2) is 29.2 Å². The summed E-state index contributed by atoms with van der Waals surface area (Å²) in [7, 11) is -0.496. The molecular formula is C19H38O8S. The Morgan fingerprint density at radius 2 is 1.25 bits per heavy atom. The standard InChI is InChI=1S/C12H18O5S.C5H12O3.2CH4/c1-11-3-5-12(6-4-11)18(13,14)17-10-9-16-8-7-15-2;1-7-4-5-8-3-2-6;;/h3-6H,7-10H2,1-2H3;6H,2-5H2,1H3;2*1H4. The van der Waals surface area contributed by atoms with Gasteiger partial charge in [0.25, 0.3) is 10.1 Å². The van der Waals surface area contributed by atoms with Crippen LogP contribution >= 0.6 is 0 Å². The van der Waals surface area contributed by atoms with E-state index < -0.39 is 10.1 Å². The Labute approximate surface area is 170 Å². The summed E-state index contributed by atoms with van der Waals surface area (Å²) >= 11 is 0. The zero-order valence-corrected chi connectivity index (χ0v) is 16.5. The number of ether oxygens (including phenoxy) is 4. The van der Waals surface area contributed by atoms with Crippen LogP contribution in [0.5, 0.6) is 0 Å². The first-order valence-corrected chi connectivity index (χ1v) is 9.59. The second-order valence-corrected chi connectivity index (χ2v) is 6.64. The van der Waals surface area contributed by atoms with Crippen LogP contribution in [0.3, 0.4) is 0 Å². The molecule has 0 saturated heterocycles. The third-order valence-corrected chi connectivity index (χ3v) is 4.20. The van der Waals surface area contributed by atoms with E-state index in [1.54, 1.807) is 26.4 Å². The molecule has 8 nitrogen and oxygen atoms in total. The maximum atomic E-state index is 11.7. The Morgan fingerprint density at radius 3 is 1.71 bits per heavy atom. The molecule has 1 rings (SSSR count). The Bertz CT molecular complexity index is 525. The van der Waals surface area contributed by atoms with E-state index >= 15 is 0 Å². The van der Waals surface area contributed by atoms with Crippen molar-refractivity contribution in [2.75, 3.05) is 67.1 Å². The number of hydrogen-bond acceptors (Lipinski definition) is 8. The Hall–Kier alpha value is -1.07. The van der Waals surface area contributed by atoms with Crippen LogP contribution in [-0.2, 0) is 33.2 Å². The van der Waals surface area contributed by atoms with E-state index in [0.29, 0.717) is 33.0 Å². The fraction of sp³-hybridized carbons (Fsp3) is 0.684. The number of hydrogen-bond donors (Lipinski definition) is 1. The van der Waals surface area contributed by atoms with Gasteiger partial charge in [-0.3, -0.25) is 4.18 Å². The van der Waals surface area contributed by atoms with Crippen molar-refractivity contribution in [2.45, 2.75) is 26.7 Å². The third-order valence-electron chi connectivity index (χ3n) is 2.88. The molecule has 0 aliphatic rings. The number of aryl methyl sites for hydroxylation is 1. The van der Waals surface area contributed by atoms with E-state index in [9.17, 15) is 8.42 Å². The molecule has 1 N–H and O–H groups in total. The summed E-state index contributed by atoms with van der Waals surface area (Å²) in [5.74, 6) is 0. The molecule has 0 amide bonds. The number of aliphatic hydroxyl groups is 1. The van der Waals surface area contributed by atoms with Crippen LogP contribution in [0.1, 0.15) is 20.4 Å². The highest BCUT2D eigenvalue weighted by atomic mass is 32.2. The van der Waals surface area contributed by atoms with Gasteiger partial charge in [-0.2, -0.15) is 8.42 Å². The second-order valence-electron chi connectivity index (χ2n) is 5.02. The maximum absolute atomic E-state index is 11.7. The largest absolute Gasteiger partial charge is 0.394 e. The third kappa shape index (κ3) is 17.1. The average molecular weight is 427 g/mol. The number of rotatable bonds is 13.